The Bertz CT molecular complexity index is 765. The highest BCUT2D eigenvalue weighted by Crippen LogP contribution is 2.42. The number of allylic oxidation sites excluding steroid dienone is 2. The minimum absolute atomic E-state index is 0.612. The van der Waals surface area contributed by atoms with E-state index in [0.717, 1.165) is 5.92 Å². The number of hydrogen-bond acceptors (Lipinski definition) is 0. The van der Waals surface area contributed by atoms with Crippen LogP contribution in [0, 0.1) is 5.92 Å². The molecule has 0 heteroatoms. The second-order valence-electron chi connectivity index (χ2n) is 7.23. The van der Waals surface area contributed by atoms with Gasteiger partial charge in [0.2, 0.25) is 0 Å². The summed E-state index contributed by atoms with van der Waals surface area (Å²) in [6, 6.07) is 17.8. The van der Waals surface area contributed by atoms with Crippen molar-refractivity contribution >= 4 is 12.2 Å². The first-order valence-corrected chi connectivity index (χ1v) is 9.41. The number of hydrogen-bond donors (Lipinski definition) is 0. The number of rotatable bonds is 6. The van der Waals surface area contributed by atoms with Crippen molar-refractivity contribution in [2.75, 3.05) is 0 Å². The number of fused-ring (bicyclic) bond motifs is 2. The average molecular weight is 314 g/mol. The van der Waals surface area contributed by atoms with E-state index in [1.807, 2.05) is 0 Å². The molecule has 0 aliphatic heterocycles. The Kier molecular flexibility index (Phi) is 4.38. The summed E-state index contributed by atoms with van der Waals surface area (Å²) in [6.45, 7) is 2.32. The predicted molar refractivity (Wildman–Crippen MR) is 104 cm³/mol. The van der Waals surface area contributed by atoms with Gasteiger partial charge in [0.1, 0.15) is 0 Å². The summed E-state index contributed by atoms with van der Waals surface area (Å²) in [5.41, 5.74) is 5.91. The third-order valence-electron chi connectivity index (χ3n) is 5.76. The Labute approximate surface area is 145 Å². The minimum Gasteiger partial charge on any atom is -0.0764 e. The predicted octanol–water partition coefficient (Wildman–Crippen LogP) is 6.80. The highest BCUT2D eigenvalue weighted by atomic mass is 14.3. The molecule has 0 N–H and O–H groups in total. The molecule has 0 bridgehead atoms. The molecule has 2 aromatic carbocycles. The van der Waals surface area contributed by atoms with E-state index >= 15 is 0 Å². The molecule has 0 radical (unpaired) electrons. The molecule has 2 aliphatic carbocycles. The minimum atomic E-state index is 0.612. The standard InChI is InChI=1S/C24H26/c1-2-7-18(24-17-16-20-9-4-6-11-23(20)24)12-14-21-15-13-19-8-3-5-10-22(19)21/h3-6,8-11,13,15-18,21,24H,2,7,12,14H2,1H3. The third kappa shape index (κ3) is 2.86. The molecule has 122 valence electrons. The van der Waals surface area contributed by atoms with E-state index in [1.165, 1.54) is 42.4 Å². The summed E-state index contributed by atoms with van der Waals surface area (Å²) in [4.78, 5) is 0. The molecular formula is C24H26. The lowest BCUT2D eigenvalue weighted by Crippen LogP contribution is -2.11. The van der Waals surface area contributed by atoms with Gasteiger partial charge >= 0.3 is 0 Å². The van der Waals surface area contributed by atoms with E-state index < -0.39 is 0 Å². The molecule has 0 heterocycles. The van der Waals surface area contributed by atoms with Crippen LogP contribution in [0.4, 0.5) is 0 Å². The van der Waals surface area contributed by atoms with E-state index in [-0.39, 0.29) is 0 Å². The molecule has 0 saturated heterocycles. The first kappa shape index (κ1) is 15.4. The van der Waals surface area contributed by atoms with Crippen LogP contribution in [0.1, 0.15) is 66.7 Å². The summed E-state index contributed by atoms with van der Waals surface area (Å²) in [5, 5.41) is 0. The smallest absolute Gasteiger partial charge is 0.00555 e. The van der Waals surface area contributed by atoms with Gasteiger partial charge in [-0.05, 0) is 47.4 Å². The average Bonchev–Trinajstić information content (AvgIpc) is 3.23. The second kappa shape index (κ2) is 6.81. The van der Waals surface area contributed by atoms with Crippen LogP contribution < -0.4 is 0 Å². The molecule has 0 fully saturated rings. The molecule has 0 saturated carbocycles. The summed E-state index contributed by atoms with van der Waals surface area (Å²) in [5.74, 6) is 1.99. The van der Waals surface area contributed by atoms with Crippen LogP contribution in [0.2, 0.25) is 0 Å². The molecule has 2 aliphatic rings. The fourth-order valence-corrected chi connectivity index (χ4v) is 4.53. The van der Waals surface area contributed by atoms with Crippen molar-refractivity contribution in [3.05, 3.63) is 82.9 Å². The van der Waals surface area contributed by atoms with Crippen LogP contribution in [-0.2, 0) is 0 Å². The molecule has 0 spiro atoms. The number of benzene rings is 2. The van der Waals surface area contributed by atoms with Crippen molar-refractivity contribution in [1.82, 2.24) is 0 Å². The first-order chi connectivity index (χ1) is 11.9. The van der Waals surface area contributed by atoms with Crippen molar-refractivity contribution in [3.8, 4) is 0 Å². The van der Waals surface area contributed by atoms with Crippen LogP contribution >= 0.6 is 0 Å². The van der Waals surface area contributed by atoms with Crippen molar-refractivity contribution < 1.29 is 0 Å². The van der Waals surface area contributed by atoms with Crippen LogP contribution in [0.15, 0.2) is 60.7 Å². The highest BCUT2D eigenvalue weighted by Gasteiger charge is 2.26. The maximum Gasteiger partial charge on any atom is 0.00555 e. The lowest BCUT2D eigenvalue weighted by atomic mass is 9.80. The monoisotopic (exact) mass is 314 g/mol. The van der Waals surface area contributed by atoms with Gasteiger partial charge < -0.3 is 0 Å². The topological polar surface area (TPSA) is 0 Å². The second-order valence-corrected chi connectivity index (χ2v) is 7.23. The molecule has 0 amide bonds. The van der Waals surface area contributed by atoms with E-state index in [4.69, 9.17) is 0 Å². The molecule has 0 nitrogen and oxygen atoms in total. The maximum atomic E-state index is 2.45. The zero-order valence-corrected chi connectivity index (χ0v) is 14.5. The van der Waals surface area contributed by atoms with Crippen LogP contribution in [0.3, 0.4) is 0 Å². The summed E-state index contributed by atoms with van der Waals surface area (Å²) >= 11 is 0. The maximum absolute atomic E-state index is 2.45. The summed E-state index contributed by atoms with van der Waals surface area (Å²) in [7, 11) is 0. The third-order valence-corrected chi connectivity index (χ3v) is 5.76. The van der Waals surface area contributed by atoms with E-state index in [9.17, 15) is 0 Å². The SMILES string of the molecule is CCCC(CCC1C=Cc2ccccc21)C1C=Cc2ccccc21. The Morgan fingerprint density at radius 3 is 2.25 bits per heavy atom. The zero-order valence-electron chi connectivity index (χ0n) is 14.5. The van der Waals surface area contributed by atoms with Crippen molar-refractivity contribution in [1.29, 1.82) is 0 Å². The van der Waals surface area contributed by atoms with Gasteiger partial charge in [-0.1, -0.05) is 86.2 Å². The molecule has 24 heavy (non-hydrogen) atoms. The van der Waals surface area contributed by atoms with Gasteiger partial charge in [-0.25, -0.2) is 0 Å². The molecular weight excluding hydrogens is 288 g/mol. The Morgan fingerprint density at radius 2 is 1.46 bits per heavy atom. The van der Waals surface area contributed by atoms with Gasteiger partial charge in [0.25, 0.3) is 0 Å². The van der Waals surface area contributed by atoms with Gasteiger partial charge in [0.15, 0.2) is 0 Å². The zero-order chi connectivity index (χ0) is 16.4. The lowest BCUT2D eigenvalue weighted by molar-refractivity contribution is 0.392. The van der Waals surface area contributed by atoms with E-state index in [1.54, 1.807) is 5.56 Å². The molecule has 4 rings (SSSR count). The van der Waals surface area contributed by atoms with Crippen LogP contribution in [0.5, 0.6) is 0 Å². The van der Waals surface area contributed by atoms with Crippen LogP contribution in [-0.4, -0.2) is 0 Å². The summed E-state index contributed by atoms with van der Waals surface area (Å²) in [6.07, 6.45) is 14.7. The Hall–Kier alpha value is -2.08. The Morgan fingerprint density at radius 1 is 0.792 bits per heavy atom. The van der Waals surface area contributed by atoms with Gasteiger partial charge in [-0.2, -0.15) is 0 Å². The van der Waals surface area contributed by atoms with Gasteiger partial charge in [-0.15, -0.1) is 0 Å². The molecule has 2 aromatic rings. The van der Waals surface area contributed by atoms with Crippen LogP contribution in [0.25, 0.3) is 12.2 Å². The molecule has 3 unspecified atom stereocenters. The first-order valence-electron chi connectivity index (χ1n) is 9.41. The normalized spacial score (nSPS) is 21.7. The fourth-order valence-electron chi connectivity index (χ4n) is 4.53. The van der Waals surface area contributed by atoms with Gasteiger partial charge in [-0.3, -0.25) is 0 Å². The van der Waals surface area contributed by atoms with E-state index in [0.29, 0.717) is 11.8 Å². The fraction of sp³-hybridized carbons (Fsp3) is 0.333. The van der Waals surface area contributed by atoms with Crippen molar-refractivity contribution in [3.63, 3.8) is 0 Å². The lowest BCUT2D eigenvalue weighted by Gasteiger charge is -2.25. The summed E-state index contributed by atoms with van der Waals surface area (Å²) < 4.78 is 0. The molecule has 0 aromatic heterocycles. The van der Waals surface area contributed by atoms with Crippen molar-refractivity contribution in [2.24, 2.45) is 5.92 Å². The molecule has 3 atom stereocenters. The van der Waals surface area contributed by atoms with E-state index in [2.05, 4.69) is 79.8 Å². The highest BCUT2D eigenvalue weighted by molar-refractivity contribution is 5.63. The largest absolute Gasteiger partial charge is 0.0764 e. The Balaban J connectivity index is 1.48. The van der Waals surface area contributed by atoms with Gasteiger partial charge in [0.05, 0.1) is 0 Å². The quantitative estimate of drug-likeness (QED) is 0.549. The van der Waals surface area contributed by atoms with Crippen molar-refractivity contribution in [2.45, 2.75) is 44.4 Å². The van der Waals surface area contributed by atoms with Gasteiger partial charge in [0, 0.05) is 11.8 Å².